The second-order valence-electron chi connectivity index (χ2n) is 7.31. The zero-order chi connectivity index (χ0) is 20.0. The molecule has 0 aliphatic rings. The Morgan fingerprint density at radius 1 is 0.793 bits per heavy atom. The van der Waals surface area contributed by atoms with Gasteiger partial charge in [0.05, 0.1) is 5.69 Å². The molecule has 5 rings (SSSR count). The fourth-order valence-electron chi connectivity index (χ4n) is 4.06. The number of nitrogens with one attached hydrogen (secondary N) is 2. The molecule has 4 aromatic carbocycles. The topological polar surface area (TPSA) is 40.8 Å². The van der Waals surface area contributed by atoms with Gasteiger partial charge in [0.15, 0.2) is 5.52 Å². The van der Waals surface area contributed by atoms with E-state index >= 15 is 0 Å². The van der Waals surface area contributed by atoms with Crippen molar-refractivity contribution in [1.82, 2.24) is 4.98 Å². The summed E-state index contributed by atoms with van der Waals surface area (Å²) < 4.78 is 2.33. The van der Waals surface area contributed by atoms with Crippen LogP contribution in [0.4, 0.5) is 11.4 Å². The van der Waals surface area contributed by atoms with Gasteiger partial charge in [-0.05, 0) is 42.0 Å². The molecule has 1 heterocycles. The van der Waals surface area contributed by atoms with E-state index in [1.54, 1.807) is 0 Å². The maximum absolute atomic E-state index is 5.02. The monoisotopic (exact) mass is 379 g/mol. The van der Waals surface area contributed by atoms with Crippen molar-refractivity contribution in [3.63, 3.8) is 0 Å². The van der Waals surface area contributed by atoms with Crippen LogP contribution in [0.15, 0.2) is 72.8 Å². The molecule has 2 N–H and O–H groups in total. The number of hydrogen-bond donors (Lipinski definition) is 2. The van der Waals surface area contributed by atoms with Crippen LogP contribution in [0, 0.1) is 6.92 Å². The van der Waals surface area contributed by atoms with Crippen LogP contribution in [0.3, 0.4) is 0 Å². The molecular formula is C25H23N4+. The molecule has 0 saturated heterocycles. The number of fused-ring (bicyclic) bond motifs is 3. The lowest BCUT2D eigenvalue weighted by Crippen LogP contribution is -2.34. The summed E-state index contributed by atoms with van der Waals surface area (Å²) in [6.07, 6.45) is 0. The highest BCUT2D eigenvalue weighted by Gasteiger charge is 2.23. The van der Waals surface area contributed by atoms with E-state index in [2.05, 4.69) is 94.9 Å². The van der Waals surface area contributed by atoms with Gasteiger partial charge in [-0.15, -0.1) is 4.57 Å². The number of aryl methyl sites for hydroxylation is 1. The van der Waals surface area contributed by atoms with Crippen LogP contribution < -0.4 is 15.2 Å². The van der Waals surface area contributed by atoms with Crippen LogP contribution in [0.1, 0.15) is 5.56 Å². The SMILES string of the molecule is CNc1ccc2nc3c(NC)ccc(C)c3[n+](-c3ccc4ccccc4c3)c2c1. The van der Waals surface area contributed by atoms with Crippen molar-refractivity contribution >= 4 is 44.2 Å². The van der Waals surface area contributed by atoms with E-state index in [9.17, 15) is 0 Å². The quantitative estimate of drug-likeness (QED) is 0.334. The summed E-state index contributed by atoms with van der Waals surface area (Å²) in [5.41, 5.74) is 8.55. The highest BCUT2D eigenvalue weighted by Crippen LogP contribution is 2.28. The third-order valence-corrected chi connectivity index (χ3v) is 5.57. The summed E-state index contributed by atoms with van der Waals surface area (Å²) in [7, 11) is 3.89. The average molecular weight is 379 g/mol. The summed E-state index contributed by atoms with van der Waals surface area (Å²) in [5, 5.41) is 9.03. The number of hydrogen-bond acceptors (Lipinski definition) is 3. The Morgan fingerprint density at radius 2 is 1.62 bits per heavy atom. The standard InChI is InChI=1S/C25H22N4/c1-16-8-12-22(27-3)24-25(16)29(23-15-19(26-2)10-13-21(23)28-24)20-11-9-17-6-4-5-7-18(17)14-20/h4-15H,1-3H3,(H,26,27)/p+1. The van der Waals surface area contributed by atoms with Crippen LogP contribution in [0.5, 0.6) is 0 Å². The molecule has 0 aliphatic heterocycles. The largest absolute Gasteiger partial charge is 0.388 e. The van der Waals surface area contributed by atoms with Gasteiger partial charge in [-0.1, -0.05) is 30.3 Å². The Balaban J connectivity index is 1.98. The van der Waals surface area contributed by atoms with Crippen molar-refractivity contribution in [2.75, 3.05) is 24.7 Å². The van der Waals surface area contributed by atoms with Gasteiger partial charge in [0.1, 0.15) is 5.52 Å². The first-order chi connectivity index (χ1) is 14.2. The zero-order valence-corrected chi connectivity index (χ0v) is 16.8. The smallest absolute Gasteiger partial charge is 0.242 e. The van der Waals surface area contributed by atoms with Crippen molar-refractivity contribution in [1.29, 1.82) is 0 Å². The Bertz CT molecular complexity index is 1390. The van der Waals surface area contributed by atoms with Crippen molar-refractivity contribution in [2.24, 2.45) is 0 Å². The van der Waals surface area contributed by atoms with Crippen LogP contribution in [0.2, 0.25) is 0 Å². The molecule has 0 bridgehead atoms. The van der Waals surface area contributed by atoms with Crippen molar-refractivity contribution < 1.29 is 4.57 Å². The molecule has 0 amide bonds. The van der Waals surface area contributed by atoms with Gasteiger partial charge >= 0.3 is 0 Å². The number of nitrogens with zero attached hydrogens (tertiary/aromatic N) is 2. The molecule has 0 atom stereocenters. The Labute approximate surface area is 169 Å². The summed E-state index contributed by atoms with van der Waals surface area (Å²) in [4.78, 5) is 5.02. The second-order valence-corrected chi connectivity index (χ2v) is 7.31. The van der Waals surface area contributed by atoms with Gasteiger partial charge < -0.3 is 10.6 Å². The zero-order valence-electron chi connectivity index (χ0n) is 16.8. The number of aromatic nitrogens is 2. The normalized spacial score (nSPS) is 11.3. The molecule has 0 fully saturated rings. The molecule has 5 aromatic rings. The van der Waals surface area contributed by atoms with E-state index in [-0.39, 0.29) is 0 Å². The molecule has 0 unspecified atom stereocenters. The van der Waals surface area contributed by atoms with Gasteiger partial charge in [0.25, 0.3) is 0 Å². The molecule has 0 saturated carbocycles. The minimum atomic E-state index is 0.965. The van der Waals surface area contributed by atoms with Crippen LogP contribution in [-0.2, 0) is 0 Å². The molecule has 4 nitrogen and oxygen atoms in total. The lowest BCUT2D eigenvalue weighted by Gasteiger charge is -2.11. The second kappa shape index (κ2) is 6.74. The van der Waals surface area contributed by atoms with Crippen molar-refractivity contribution in [3.8, 4) is 5.69 Å². The first kappa shape index (κ1) is 17.4. The summed E-state index contributed by atoms with van der Waals surface area (Å²) in [6, 6.07) is 25.7. The molecular weight excluding hydrogens is 356 g/mol. The first-order valence-corrected chi connectivity index (χ1v) is 9.83. The first-order valence-electron chi connectivity index (χ1n) is 9.83. The molecule has 0 spiro atoms. The Morgan fingerprint density at radius 3 is 2.41 bits per heavy atom. The fraction of sp³-hybridized carbons (Fsp3) is 0.120. The molecule has 1 aromatic heterocycles. The Hall–Kier alpha value is -3.66. The lowest BCUT2D eigenvalue weighted by atomic mass is 10.1. The van der Waals surface area contributed by atoms with Gasteiger partial charge in [-0.2, -0.15) is 0 Å². The van der Waals surface area contributed by atoms with Crippen LogP contribution >= 0.6 is 0 Å². The molecule has 0 radical (unpaired) electrons. The number of benzene rings is 4. The summed E-state index contributed by atoms with van der Waals surface area (Å²) in [6.45, 7) is 2.15. The van der Waals surface area contributed by atoms with E-state index in [0.29, 0.717) is 0 Å². The molecule has 29 heavy (non-hydrogen) atoms. The van der Waals surface area contributed by atoms with Gasteiger partial charge in [-0.25, -0.2) is 4.98 Å². The van der Waals surface area contributed by atoms with Gasteiger partial charge in [0.2, 0.25) is 16.7 Å². The van der Waals surface area contributed by atoms with Gasteiger partial charge in [0, 0.05) is 43.5 Å². The number of anilines is 2. The Kier molecular flexibility index (Phi) is 4.06. The van der Waals surface area contributed by atoms with Crippen LogP contribution in [-0.4, -0.2) is 19.1 Å². The molecule has 0 aliphatic carbocycles. The predicted molar refractivity (Wildman–Crippen MR) is 122 cm³/mol. The fourth-order valence-corrected chi connectivity index (χ4v) is 4.06. The highest BCUT2D eigenvalue weighted by atomic mass is 15.0. The van der Waals surface area contributed by atoms with Crippen molar-refractivity contribution in [2.45, 2.75) is 6.92 Å². The van der Waals surface area contributed by atoms with Gasteiger partial charge in [-0.3, -0.25) is 0 Å². The van der Waals surface area contributed by atoms with E-state index in [1.807, 2.05) is 14.1 Å². The molecule has 142 valence electrons. The average Bonchev–Trinajstić information content (AvgIpc) is 2.77. The lowest BCUT2D eigenvalue weighted by molar-refractivity contribution is -0.538. The highest BCUT2D eigenvalue weighted by molar-refractivity contribution is 5.93. The number of rotatable bonds is 3. The van der Waals surface area contributed by atoms with E-state index in [1.165, 1.54) is 16.3 Å². The third kappa shape index (κ3) is 2.76. The van der Waals surface area contributed by atoms with E-state index < -0.39 is 0 Å². The maximum atomic E-state index is 5.02. The van der Waals surface area contributed by atoms with E-state index in [4.69, 9.17) is 4.98 Å². The minimum Gasteiger partial charge on any atom is -0.388 e. The van der Waals surface area contributed by atoms with Crippen molar-refractivity contribution in [3.05, 3.63) is 78.4 Å². The minimum absolute atomic E-state index is 0.965. The molecule has 4 heteroatoms. The predicted octanol–water partition coefficient (Wildman–Crippen LogP) is 5.21. The maximum Gasteiger partial charge on any atom is 0.242 e. The van der Waals surface area contributed by atoms with Crippen LogP contribution in [0.25, 0.3) is 38.5 Å². The third-order valence-electron chi connectivity index (χ3n) is 5.57. The summed E-state index contributed by atoms with van der Waals surface area (Å²) in [5.74, 6) is 0. The van der Waals surface area contributed by atoms with E-state index in [0.717, 1.165) is 39.1 Å². The summed E-state index contributed by atoms with van der Waals surface area (Å²) >= 11 is 0.